The second-order valence-corrected chi connectivity index (χ2v) is 5.91. The van der Waals surface area contributed by atoms with Gasteiger partial charge in [0.1, 0.15) is 0 Å². The molecule has 3 nitrogen and oxygen atoms in total. The van der Waals surface area contributed by atoms with E-state index in [-0.39, 0.29) is 11.9 Å². The number of carbonyl (C=O) groups is 1. The minimum absolute atomic E-state index is 0.0409. The van der Waals surface area contributed by atoms with Gasteiger partial charge in [-0.1, -0.05) is 43.0 Å². The van der Waals surface area contributed by atoms with Gasteiger partial charge in [0.2, 0.25) is 0 Å². The summed E-state index contributed by atoms with van der Waals surface area (Å²) in [4.78, 5) is 17.8. The molecule has 0 radical (unpaired) electrons. The van der Waals surface area contributed by atoms with Gasteiger partial charge in [-0.05, 0) is 37.1 Å². The summed E-state index contributed by atoms with van der Waals surface area (Å²) >= 11 is 5.91. The largest absolute Gasteiger partial charge is 0.336 e. The van der Waals surface area contributed by atoms with E-state index >= 15 is 0 Å². The highest BCUT2D eigenvalue weighted by Crippen LogP contribution is 2.25. The van der Waals surface area contributed by atoms with E-state index in [1.54, 1.807) is 10.9 Å². The van der Waals surface area contributed by atoms with Gasteiger partial charge in [-0.25, -0.2) is 4.79 Å². The molecular formula is C17H18ClNO2. The molecular weight excluding hydrogens is 286 g/mol. The molecule has 1 aliphatic rings. The molecule has 0 bridgehead atoms. The van der Waals surface area contributed by atoms with Gasteiger partial charge in [0.05, 0.1) is 11.6 Å². The Bertz CT molecular complexity index is 612. The highest BCUT2D eigenvalue weighted by molar-refractivity contribution is 6.30. The monoisotopic (exact) mass is 303 g/mol. The third kappa shape index (κ3) is 3.30. The van der Waals surface area contributed by atoms with Crippen molar-refractivity contribution < 1.29 is 9.63 Å². The van der Waals surface area contributed by atoms with Crippen LogP contribution in [0.25, 0.3) is 11.3 Å². The second kappa shape index (κ2) is 6.35. The smallest absolute Gasteiger partial charge is 0.335 e. The topological polar surface area (TPSA) is 31.2 Å². The third-order valence-electron chi connectivity index (χ3n) is 3.98. The van der Waals surface area contributed by atoms with E-state index in [1.165, 1.54) is 6.42 Å². The fourth-order valence-electron chi connectivity index (χ4n) is 2.80. The zero-order valence-electron chi connectivity index (χ0n) is 11.8. The average Bonchev–Trinajstić information content (AvgIpc) is 2.97. The first-order valence-corrected chi connectivity index (χ1v) is 7.77. The maximum Gasteiger partial charge on any atom is 0.335 e. The van der Waals surface area contributed by atoms with Gasteiger partial charge in [-0.15, -0.1) is 0 Å². The van der Waals surface area contributed by atoms with Gasteiger partial charge in [-0.3, -0.25) is 0 Å². The summed E-state index contributed by atoms with van der Waals surface area (Å²) in [6, 6.07) is 11.3. The van der Waals surface area contributed by atoms with Gasteiger partial charge in [0.15, 0.2) is 0 Å². The molecule has 1 heterocycles. The van der Waals surface area contributed by atoms with Crippen molar-refractivity contribution in [1.82, 2.24) is 4.73 Å². The number of rotatable bonds is 3. The zero-order chi connectivity index (χ0) is 14.7. The van der Waals surface area contributed by atoms with Gasteiger partial charge in [0, 0.05) is 16.8 Å². The van der Waals surface area contributed by atoms with Crippen molar-refractivity contribution in [2.45, 2.75) is 32.1 Å². The molecule has 1 fully saturated rings. The Hall–Kier alpha value is -1.74. The number of carbonyl (C=O) groups excluding carboxylic acids is 1. The molecule has 1 aromatic heterocycles. The van der Waals surface area contributed by atoms with E-state index in [4.69, 9.17) is 16.4 Å². The van der Waals surface area contributed by atoms with Crippen molar-refractivity contribution in [1.29, 1.82) is 0 Å². The molecule has 0 atom stereocenters. The number of nitrogens with zero attached hydrogens (tertiary/aromatic N) is 1. The minimum atomic E-state index is -0.124. The molecule has 3 rings (SSSR count). The van der Waals surface area contributed by atoms with Crippen LogP contribution in [0.2, 0.25) is 5.02 Å². The maximum absolute atomic E-state index is 12.2. The summed E-state index contributed by atoms with van der Waals surface area (Å²) in [5.41, 5.74) is 1.83. The van der Waals surface area contributed by atoms with Crippen molar-refractivity contribution in [3.05, 3.63) is 47.6 Å². The number of hydrogen-bond acceptors (Lipinski definition) is 2. The fraction of sp³-hybridized carbons (Fsp3) is 0.353. The molecule has 0 saturated heterocycles. The molecule has 1 aliphatic carbocycles. The van der Waals surface area contributed by atoms with Crippen LogP contribution >= 0.6 is 11.6 Å². The SMILES string of the molecule is O=C(On1cccc1-c1ccc(Cl)cc1)C1CCCCC1. The molecule has 0 spiro atoms. The van der Waals surface area contributed by atoms with Crippen molar-refractivity contribution in [3.63, 3.8) is 0 Å². The zero-order valence-corrected chi connectivity index (χ0v) is 12.6. The Kier molecular flexibility index (Phi) is 4.30. The Labute approximate surface area is 129 Å². The number of aromatic nitrogens is 1. The summed E-state index contributed by atoms with van der Waals surface area (Å²) in [6.45, 7) is 0. The second-order valence-electron chi connectivity index (χ2n) is 5.47. The van der Waals surface area contributed by atoms with Crippen LogP contribution < -0.4 is 4.84 Å². The Morgan fingerprint density at radius 2 is 1.81 bits per heavy atom. The Balaban J connectivity index is 1.76. The van der Waals surface area contributed by atoms with Crippen LogP contribution in [0.1, 0.15) is 32.1 Å². The lowest BCUT2D eigenvalue weighted by atomic mass is 9.89. The molecule has 21 heavy (non-hydrogen) atoms. The van der Waals surface area contributed by atoms with Gasteiger partial charge < -0.3 is 4.84 Å². The first-order valence-electron chi connectivity index (χ1n) is 7.39. The number of benzene rings is 1. The summed E-state index contributed by atoms with van der Waals surface area (Å²) < 4.78 is 1.56. The first-order chi connectivity index (χ1) is 10.2. The molecule has 110 valence electrons. The highest BCUT2D eigenvalue weighted by Gasteiger charge is 2.23. The maximum atomic E-state index is 12.2. The van der Waals surface area contributed by atoms with Crippen LogP contribution in [-0.2, 0) is 4.79 Å². The normalized spacial score (nSPS) is 15.9. The van der Waals surface area contributed by atoms with Crippen LogP contribution in [0, 0.1) is 5.92 Å². The number of hydrogen-bond donors (Lipinski definition) is 0. The summed E-state index contributed by atoms with van der Waals surface area (Å²) in [6.07, 6.45) is 7.12. The predicted molar refractivity (Wildman–Crippen MR) is 83.0 cm³/mol. The van der Waals surface area contributed by atoms with Crippen LogP contribution in [0.15, 0.2) is 42.6 Å². The van der Waals surface area contributed by atoms with Gasteiger partial charge >= 0.3 is 5.97 Å². The van der Waals surface area contributed by atoms with E-state index < -0.39 is 0 Å². The van der Waals surface area contributed by atoms with E-state index in [9.17, 15) is 4.79 Å². The van der Waals surface area contributed by atoms with Crippen molar-refractivity contribution in [3.8, 4) is 11.3 Å². The quantitative estimate of drug-likeness (QED) is 0.844. The molecule has 1 aromatic carbocycles. The van der Waals surface area contributed by atoms with Crippen LogP contribution in [0.3, 0.4) is 0 Å². The summed E-state index contributed by atoms with van der Waals surface area (Å²) in [7, 11) is 0. The predicted octanol–water partition coefficient (Wildman–Crippen LogP) is 4.34. The Morgan fingerprint density at radius 1 is 1.10 bits per heavy atom. The lowest BCUT2D eigenvalue weighted by molar-refractivity contribution is -0.149. The molecule has 0 amide bonds. The molecule has 4 heteroatoms. The summed E-state index contributed by atoms with van der Waals surface area (Å²) in [5, 5.41) is 0.691. The van der Waals surface area contributed by atoms with E-state index in [2.05, 4.69) is 0 Å². The van der Waals surface area contributed by atoms with E-state index in [0.29, 0.717) is 5.02 Å². The first kappa shape index (κ1) is 14.2. The van der Waals surface area contributed by atoms with Crippen molar-refractivity contribution >= 4 is 17.6 Å². The third-order valence-corrected chi connectivity index (χ3v) is 4.23. The molecule has 0 aliphatic heterocycles. The number of halogens is 1. The lowest BCUT2D eigenvalue weighted by Crippen LogP contribution is -2.28. The van der Waals surface area contributed by atoms with Crippen LogP contribution in [-0.4, -0.2) is 10.7 Å². The molecule has 0 N–H and O–H groups in total. The van der Waals surface area contributed by atoms with Gasteiger partial charge in [0.25, 0.3) is 0 Å². The average molecular weight is 304 g/mol. The van der Waals surface area contributed by atoms with Crippen molar-refractivity contribution in [2.24, 2.45) is 5.92 Å². The van der Waals surface area contributed by atoms with Crippen LogP contribution in [0.5, 0.6) is 0 Å². The van der Waals surface area contributed by atoms with E-state index in [0.717, 1.165) is 36.9 Å². The van der Waals surface area contributed by atoms with Crippen LogP contribution in [0.4, 0.5) is 0 Å². The minimum Gasteiger partial charge on any atom is -0.336 e. The van der Waals surface area contributed by atoms with E-state index in [1.807, 2.05) is 36.4 Å². The highest BCUT2D eigenvalue weighted by atomic mass is 35.5. The summed E-state index contributed by atoms with van der Waals surface area (Å²) in [5.74, 6) is -0.0830. The fourth-order valence-corrected chi connectivity index (χ4v) is 2.93. The lowest BCUT2D eigenvalue weighted by Gasteiger charge is -2.20. The standard InChI is InChI=1S/C17H18ClNO2/c18-15-10-8-13(9-11-15)16-7-4-12-19(16)21-17(20)14-5-2-1-3-6-14/h4,7-12,14H,1-3,5-6H2. The van der Waals surface area contributed by atoms with Crippen molar-refractivity contribution in [2.75, 3.05) is 0 Å². The van der Waals surface area contributed by atoms with Gasteiger partial charge in [-0.2, -0.15) is 4.73 Å². The molecule has 0 unspecified atom stereocenters. The Morgan fingerprint density at radius 3 is 2.52 bits per heavy atom. The molecule has 1 saturated carbocycles. The molecule has 2 aromatic rings.